The maximum absolute atomic E-state index is 12.4. The zero-order chi connectivity index (χ0) is 15.2. The van der Waals surface area contributed by atoms with E-state index in [1.165, 1.54) is 12.1 Å². The van der Waals surface area contributed by atoms with Crippen molar-refractivity contribution in [1.82, 2.24) is 5.32 Å². The summed E-state index contributed by atoms with van der Waals surface area (Å²) in [5.74, 6) is -0.135. The third kappa shape index (κ3) is 4.02. The molecule has 0 aliphatic carbocycles. The van der Waals surface area contributed by atoms with Gasteiger partial charge < -0.3 is 10.6 Å². The summed E-state index contributed by atoms with van der Waals surface area (Å²) in [4.78, 5) is 11.4. The van der Waals surface area contributed by atoms with Gasteiger partial charge in [0.15, 0.2) is 0 Å². The van der Waals surface area contributed by atoms with Crippen LogP contribution in [0.15, 0.2) is 48.5 Å². The van der Waals surface area contributed by atoms with Crippen LogP contribution in [-0.4, -0.2) is 13.0 Å². The van der Waals surface area contributed by atoms with Crippen molar-refractivity contribution in [2.24, 2.45) is 0 Å². The maximum atomic E-state index is 12.4. The van der Waals surface area contributed by atoms with Crippen molar-refractivity contribution >= 4 is 11.6 Å². The molecule has 0 bridgehead atoms. The molecule has 3 nitrogen and oxygen atoms in total. The number of carbonyl (C=O) groups excluding carboxylic acids is 1. The third-order valence-electron chi connectivity index (χ3n) is 3.10. The van der Waals surface area contributed by atoms with Gasteiger partial charge in [0.2, 0.25) is 0 Å². The Labute approximate surface area is 122 Å². The second-order valence-corrected chi connectivity index (χ2v) is 4.55. The number of benzene rings is 2. The molecule has 0 aliphatic rings. The number of halogens is 2. The number of anilines is 1. The molecule has 0 heterocycles. The van der Waals surface area contributed by atoms with Crippen LogP contribution in [0, 0.1) is 0 Å². The van der Waals surface area contributed by atoms with Gasteiger partial charge in [0.1, 0.15) is 0 Å². The van der Waals surface area contributed by atoms with E-state index in [4.69, 9.17) is 0 Å². The van der Waals surface area contributed by atoms with E-state index in [1.54, 1.807) is 43.4 Å². The van der Waals surface area contributed by atoms with Crippen LogP contribution in [0.3, 0.4) is 0 Å². The lowest BCUT2D eigenvalue weighted by molar-refractivity contribution is 0.0963. The molecule has 1 amide bonds. The first-order valence-corrected chi connectivity index (χ1v) is 6.53. The van der Waals surface area contributed by atoms with Gasteiger partial charge in [-0.05, 0) is 29.8 Å². The zero-order valence-corrected chi connectivity index (χ0v) is 11.6. The van der Waals surface area contributed by atoms with Crippen molar-refractivity contribution in [3.05, 3.63) is 65.2 Å². The average molecular weight is 290 g/mol. The van der Waals surface area contributed by atoms with Gasteiger partial charge in [0.25, 0.3) is 12.3 Å². The monoisotopic (exact) mass is 290 g/mol. The fourth-order valence-corrected chi connectivity index (χ4v) is 1.87. The number of carbonyl (C=O) groups is 1. The molecule has 0 aliphatic heterocycles. The predicted octanol–water partition coefficient (Wildman–Crippen LogP) is 3.60. The maximum Gasteiger partial charge on any atom is 0.263 e. The molecule has 110 valence electrons. The van der Waals surface area contributed by atoms with E-state index in [0.717, 1.165) is 11.3 Å². The molecular formula is C16H16F2N2O. The lowest BCUT2D eigenvalue weighted by Gasteiger charge is -2.08. The average Bonchev–Trinajstić information content (AvgIpc) is 2.53. The summed E-state index contributed by atoms with van der Waals surface area (Å²) in [6.07, 6.45) is -2.44. The van der Waals surface area contributed by atoms with Gasteiger partial charge in [-0.15, -0.1) is 0 Å². The van der Waals surface area contributed by atoms with Crippen molar-refractivity contribution in [1.29, 1.82) is 0 Å². The number of amides is 1. The molecule has 0 saturated heterocycles. The molecule has 0 saturated carbocycles. The summed E-state index contributed by atoms with van der Waals surface area (Å²) in [5, 5.41) is 5.73. The topological polar surface area (TPSA) is 41.1 Å². The van der Waals surface area contributed by atoms with E-state index in [0.29, 0.717) is 12.1 Å². The smallest absolute Gasteiger partial charge is 0.263 e. The van der Waals surface area contributed by atoms with Gasteiger partial charge in [-0.3, -0.25) is 4.79 Å². The SMILES string of the molecule is CNC(=O)c1ccc(NCc2ccc(C(F)F)cc2)cc1. The Kier molecular flexibility index (Phi) is 4.87. The van der Waals surface area contributed by atoms with Gasteiger partial charge in [-0.2, -0.15) is 0 Å². The normalized spacial score (nSPS) is 10.5. The van der Waals surface area contributed by atoms with Crippen molar-refractivity contribution in [3.63, 3.8) is 0 Å². The Morgan fingerprint density at radius 3 is 2.19 bits per heavy atom. The van der Waals surface area contributed by atoms with Crippen LogP contribution in [0.5, 0.6) is 0 Å². The summed E-state index contributed by atoms with van der Waals surface area (Å²) in [5.41, 5.74) is 2.38. The van der Waals surface area contributed by atoms with Crippen molar-refractivity contribution in [2.75, 3.05) is 12.4 Å². The van der Waals surface area contributed by atoms with Crippen LogP contribution in [0.2, 0.25) is 0 Å². The van der Waals surface area contributed by atoms with E-state index in [1.807, 2.05) is 0 Å². The first-order chi connectivity index (χ1) is 10.1. The Morgan fingerprint density at radius 2 is 1.67 bits per heavy atom. The molecule has 2 rings (SSSR count). The Hall–Kier alpha value is -2.43. The molecule has 0 radical (unpaired) electrons. The third-order valence-corrected chi connectivity index (χ3v) is 3.10. The lowest BCUT2D eigenvalue weighted by Crippen LogP contribution is -2.17. The highest BCUT2D eigenvalue weighted by molar-refractivity contribution is 5.94. The fourth-order valence-electron chi connectivity index (χ4n) is 1.87. The predicted molar refractivity (Wildman–Crippen MR) is 78.6 cm³/mol. The summed E-state index contributed by atoms with van der Waals surface area (Å²) >= 11 is 0. The summed E-state index contributed by atoms with van der Waals surface area (Å²) < 4.78 is 24.9. The molecule has 0 fully saturated rings. The highest BCUT2D eigenvalue weighted by Gasteiger charge is 2.06. The first kappa shape index (κ1) is 15.0. The molecule has 21 heavy (non-hydrogen) atoms. The molecule has 2 N–H and O–H groups in total. The van der Waals surface area contributed by atoms with Crippen LogP contribution >= 0.6 is 0 Å². The highest BCUT2D eigenvalue weighted by Crippen LogP contribution is 2.19. The minimum Gasteiger partial charge on any atom is -0.381 e. The van der Waals surface area contributed by atoms with Crippen LogP contribution in [0.25, 0.3) is 0 Å². The van der Waals surface area contributed by atoms with Crippen molar-refractivity contribution < 1.29 is 13.6 Å². The summed E-state index contributed by atoms with van der Waals surface area (Å²) in [6, 6.07) is 13.3. The quantitative estimate of drug-likeness (QED) is 0.883. The Bertz CT molecular complexity index is 595. The standard InChI is InChI=1S/C16H16F2N2O/c1-19-16(21)13-6-8-14(9-7-13)20-10-11-2-4-12(5-3-11)15(17)18/h2-9,15,20H,10H2,1H3,(H,19,21). The molecule has 2 aromatic rings. The largest absolute Gasteiger partial charge is 0.381 e. The second-order valence-electron chi connectivity index (χ2n) is 4.55. The first-order valence-electron chi connectivity index (χ1n) is 6.53. The van der Waals surface area contributed by atoms with Crippen LogP contribution in [-0.2, 0) is 6.54 Å². The van der Waals surface area contributed by atoms with Gasteiger partial charge in [0.05, 0.1) is 0 Å². The fraction of sp³-hybridized carbons (Fsp3) is 0.188. The van der Waals surface area contributed by atoms with Crippen LogP contribution < -0.4 is 10.6 Å². The van der Waals surface area contributed by atoms with Gasteiger partial charge >= 0.3 is 0 Å². The van der Waals surface area contributed by atoms with E-state index in [-0.39, 0.29) is 11.5 Å². The number of nitrogens with one attached hydrogen (secondary N) is 2. The van der Waals surface area contributed by atoms with Crippen LogP contribution in [0.1, 0.15) is 27.9 Å². The lowest BCUT2D eigenvalue weighted by atomic mass is 10.1. The van der Waals surface area contributed by atoms with E-state index < -0.39 is 6.43 Å². The van der Waals surface area contributed by atoms with E-state index in [9.17, 15) is 13.6 Å². The van der Waals surface area contributed by atoms with E-state index >= 15 is 0 Å². The number of hydrogen-bond acceptors (Lipinski definition) is 2. The molecule has 0 spiro atoms. The second kappa shape index (κ2) is 6.83. The zero-order valence-electron chi connectivity index (χ0n) is 11.6. The minimum atomic E-state index is -2.44. The molecule has 5 heteroatoms. The Morgan fingerprint density at radius 1 is 1.05 bits per heavy atom. The van der Waals surface area contributed by atoms with E-state index in [2.05, 4.69) is 10.6 Å². The van der Waals surface area contributed by atoms with Gasteiger partial charge in [-0.1, -0.05) is 24.3 Å². The molecule has 0 unspecified atom stereocenters. The van der Waals surface area contributed by atoms with Crippen molar-refractivity contribution in [3.8, 4) is 0 Å². The van der Waals surface area contributed by atoms with Gasteiger partial charge in [-0.25, -0.2) is 8.78 Å². The molecule has 0 aromatic heterocycles. The van der Waals surface area contributed by atoms with Crippen LogP contribution in [0.4, 0.5) is 14.5 Å². The van der Waals surface area contributed by atoms with Crippen molar-refractivity contribution in [2.45, 2.75) is 13.0 Å². The number of hydrogen-bond donors (Lipinski definition) is 2. The Balaban J connectivity index is 1.95. The highest BCUT2D eigenvalue weighted by atomic mass is 19.3. The summed E-state index contributed by atoms with van der Waals surface area (Å²) in [6.45, 7) is 0.531. The number of alkyl halides is 2. The molecule has 0 atom stereocenters. The molecule has 2 aromatic carbocycles. The number of rotatable bonds is 5. The van der Waals surface area contributed by atoms with Gasteiger partial charge in [0, 0.05) is 30.4 Å². The molecular weight excluding hydrogens is 274 g/mol. The summed E-state index contributed by atoms with van der Waals surface area (Å²) in [7, 11) is 1.58. The minimum absolute atomic E-state index is 0.0219.